The van der Waals surface area contributed by atoms with Crippen molar-refractivity contribution in [1.82, 2.24) is 0 Å². The minimum absolute atomic E-state index is 0.439. The van der Waals surface area contributed by atoms with Crippen LogP contribution in [0.4, 0.5) is 0 Å². The summed E-state index contributed by atoms with van der Waals surface area (Å²) in [6.45, 7) is 9.27. The molecule has 0 spiro atoms. The number of hydrogen-bond donors (Lipinski definition) is 2. The number of hydrogen-bond acceptors (Lipinski definition) is 2. The summed E-state index contributed by atoms with van der Waals surface area (Å²) in [5.41, 5.74) is 13.8. The van der Waals surface area contributed by atoms with Gasteiger partial charge in [0.15, 0.2) is 0 Å². The van der Waals surface area contributed by atoms with Crippen LogP contribution in [0.25, 0.3) is 0 Å². The van der Waals surface area contributed by atoms with E-state index in [1.54, 1.807) is 0 Å². The molecule has 12 heavy (non-hydrogen) atoms. The maximum atomic E-state index is 5.97. The van der Waals surface area contributed by atoms with Gasteiger partial charge in [-0.05, 0) is 30.4 Å². The van der Waals surface area contributed by atoms with E-state index in [1.807, 2.05) is 0 Å². The molecule has 0 rings (SSSR count). The third-order valence-corrected chi connectivity index (χ3v) is 2.10. The van der Waals surface area contributed by atoms with Gasteiger partial charge in [-0.2, -0.15) is 0 Å². The van der Waals surface area contributed by atoms with E-state index in [9.17, 15) is 0 Å². The number of rotatable bonds is 4. The van der Waals surface area contributed by atoms with E-state index in [4.69, 9.17) is 11.5 Å². The van der Waals surface area contributed by atoms with Crippen LogP contribution < -0.4 is 11.5 Å². The summed E-state index contributed by atoms with van der Waals surface area (Å²) >= 11 is 0. The normalized spacial score (nSPS) is 13.9. The van der Waals surface area contributed by atoms with Crippen molar-refractivity contribution >= 4 is 0 Å². The predicted molar refractivity (Wildman–Crippen MR) is 54.6 cm³/mol. The van der Waals surface area contributed by atoms with E-state index >= 15 is 0 Å². The quantitative estimate of drug-likeness (QED) is 0.676. The molecule has 0 atom stereocenters. The average molecular weight is 170 g/mol. The molecule has 0 aromatic rings. The average Bonchev–Trinajstić information content (AvgIpc) is 1.98. The summed E-state index contributed by atoms with van der Waals surface area (Å²) in [5.74, 6) is 0.963. The Kier molecular flexibility index (Phi) is 4.98. The smallest absolute Gasteiger partial charge is 0.0101 e. The van der Waals surface area contributed by atoms with Crippen molar-refractivity contribution < 1.29 is 0 Å². The molecule has 0 fully saturated rings. The van der Waals surface area contributed by atoms with Gasteiger partial charge < -0.3 is 11.5 Å². The van der Waals surface area contributed by atoms with Crippen LogP contribution in [-0.4, -0.2) is 6.54 Å². The summed E-state index contributed by atoms with van der Waals surface area (Å²) < 4.78 is 0. The first kappa shape index (κ1) is 11.5. The van der Waals surface area contributed by atoms with Crippen LogP contribution in [0.5, 0.6) is 0 Å². The Morgan fingerprint density at radius 1 is 1.08 bits per heavy atom. The lowest BCUT2D eigenvalue weighted by molar-refractivity contribution is 0.649. The van der Waals surface area contributed by atoms with Crippen molar-refractivity contribution in [3.8, 4) is 0 Å². The van der Waals surface area contributed by atoms with E-state index in [-0.39, 0.29) is 0 Å². The van der Waals surface area contributed by atoms with Crippen molar-refractivity contribution in [2.75, 3.05) is 6.54 Å². The summed E-state index contributed by atoms with van der Waals surface area (Å²) in [5, 5.41) is 0. The molecule has 0 aromatic carbocycles. The van der Waals surface area contributed by atoms with Gasteiger partial charge in [-0.15, -0.1) is 0 Å². The minimum Gasteiger partial charge on any atom is -0.402 e. The molecule has 2 heteroatoms. The lowest BCUT2D eigenvalue weighted by Gasteiger charge is -2.17. The molecule has 72 valence electrons. The van der Waals surface area contributed by atoms with Gasteiger partial charge in [0.25, 0.3) is 0 Å². The Morgan fingerprint density at radius 3 is 1.83 bits per heavy atom. The highest BCUT2D eigenvalue weighted by atomic mass is 14.6. The SMILES string of the molecule is CC(C)C(N)=C(CCN)C(C)C. The van der Waals surface area contributed by atoms with Crippen molar-refractivity contribution in [2.45, 2.75) is 34.1 Å². The van der Waals surface area contributed by atoms with Crippen LogP contribution in [0.3, 0.4) is 0 Å². The molecule has 0 aliphatic carbocycles. The molecule has 0 aliphatic rings. The van der Waals surface area contributed by atoms with Gasteiger partial charge in [0.05, 0.1) is 0 Å². The van der Waals surface area contributed by atoms with Crippen molar-refractivity contribution in [3.63, 3.8) is 0 Å². The minimum atomic E-state index is 0.439. The Morgan fingerprint density at radius 2 is 1.58 bits per heavy atom. The van der Waals surface area contributed by atoms with E-state index < -0.39 is 0 Å². The number of nitrogens with two attached hydrogens (primary N) is 2. The largest absolute Gasteiger partial charge is 0.402 e. The Balaban J connectivity index is 4.55. The van der Waals surface area contributed by atoms with Gasteiger partial charge in [0, 0.05) is 5.70 Å². The predicted octanol–water partition coefficient (Wildman–Crippen LogP) is 1.86. The van der Waals surface area contributed by atoms with Crippen LogP contribution in [0.2, 0.25) is 0 Å². The first-order valence-corrected chi connectivity index (χ1v) is 4.69. The molecule has 0 aliphatic heterocycles. The zero-order valence-electron chi connectivity index (χ0n) is 8.72. The molecule has 4 N–H and O–H groups in total. The molecule has 0 amide bonds. The molecule has 0 heterocycles. The molecule has 0 bridgehead atoms. The summed E-state index contributed by atoms with van der Waals surface area (Å²) in [4.78, 5) is 0. The summed E-state index contributed by atoms with van der Waals surface area (Å²) in [7, 11) is 0. The van der Waals surface area contributed by atoms with Crippen LogP contribution >= 0.6 is 0 Å². The summed E-state index contributed by atoms with van der Waals surface area (Å²) in [6, 6.07) is 0. The fourth-order valence-corrected chi connectivity index (χ4v) is 1.29. The van der Waals surface area contributed by atoms with Crippen molar-refractivity contribution in [1.29, 1.82) is 0 Å². The fraction of sp³-hybridized carbons (Fsp3) is 0.800. The van der Waals surface area contributed by atoms with Gasteiger partial charge in [-0.25, -0.2) is 0 Å². The van der Waals surface area contributed by atoms with Crippen molar-refractivity contribution in [2.24, 2.45) is 23.3 Å². The molecule has 0 aromatic heterocycles. The monoisotopic (exact) mass is 170 g/mol. The highest BCUT2D eigenvalue weighted by Gasteiger charge is 2.09. The highest BCUT2D eigenvalue weighted by molar-refractivity contribution is 5.15. The van der Waals surface area contributed by atoms with E-state index in [0.717, 1.165) is 12.1 Å². The molecule has 2 nitrogen and oxygen atoms in total. The molecular weight excluding hydrogens is 148 g/mol. The fourth-order valence-electron chi connectivity index (χ4n) is 1.29. The van der Waals surface area contributed by atoms with Crippen LogP contribution in [0, 0.1) is 11.8 Å². The van der Waals surface area contributed by atoms with Crippen LogP contribution in [-0.2, 0) is 0 Å². The van der Waals surface area contributed by atoms with Crippen LogP contribution in [0.1, 0.15) is 34.1 Å². The van der Waals surface area contributed by atoms with E-state index in [1.165, 1.54) is 5.57 Å². The van der Waals surface area contributed by atoms with Gasteiger partial charge >= 0.3 is 0 Å². The van der Waals surface area contributed by atoms with E-state index in [2.05, 4.69) is 27.7 Å². The second kappa shape index (κ2) is 5.20. The Labute approximate surface area is 76.0 Å². The lowest BCUT2D eigenvalue weighted by Crippen LogP contribution is -2.15. The number of allylic oxidation sites excluding steroid dienone is 1. The third-order valence-electron chi connectivity index (χ3n) is 2.10. The first-order valence-electron chi connectivity index (χ1n) is 4.69. The first-order chi connectivity index (χ1) is 5.50. The molecule has 0 saturated heterocycles. The molecule has 0 radical (unpaired) electrons. The van der Waals surface area contributed by atoms with Crippen molar-refractivity contribution in [3.05, 3.63) is 11.3 Å². The second-order valence-corrected chi connectivity index (χ2v) is 3.83. The van der Waals surface area contributed by atoms with E-state index in [0.29, 0.717) is 18.4 Å². The summed E-state index contributed by atoms with van der Waals surface area (Å²) in [6.07, 6.45) is 0.932. The Hall–Kier alpha value is -0.500. The maximum absolute atomic E-state index is 5.97. The third kappa shape index (κ3) is 3.26. The Bertz CT molecular complexity index is 157. The second-order valence-electron chi connectivity index (χ2n) is 3.83. The zero-order valence-corrected chi connectivity index (χ0v) is 8.72. The highest BCUT2D eigenvalue weighted by Crippen LogP contribution is 2.19. The zero-order chi connectivity index (χ0) is 9.72. The van der Waals surface area contributed by atoms with Crippen LogP contribution in [0.15, 0.2) is 11.3 Å². The van der Waals surface area contributed by atoms with Gasteiger partial charge in [-0.3, -0.25) is 0 Å². The molecular formula is C10H22N2. The lowest BCUT2D eigenvalue weighted by atomic mass is 9.93. The molecule has 0 unspecified atom stereocenters. The maximum Gasteiger partial charge on any atom is 0.0101 e. The standard InChI is InChI=1S/C10H22N2/c1-7(2)9(5-6-11)10(12)8(3)4/h7-8H,5-6,11-12H2,1-4H3. The molecule has 0 saturated carbocycles. The topological polar surface area (TPSA) is 52.0 Å². The van der Waals surface area contributed by atoms with Gasteiger partial charge in [0.2, 0.25) is 0 Å². The van der Waals surface area contributed by atoms with Gasteiger partial charge in [-0.1, -0.05) is 27.7 Å². The van der Waals surface area contributed by atoms with Gasteiger partial charge in [0.1, 0.15) is 0 Å².